The van der Waals surface area contributed by atoms with E-state index < -0.39 is 35.3 Å². The van der Waals surface area contributed by atoms with Crippen molar-refractivity contribution < 1.29 is 23.8 Å². The Morgan fingerprint density at radius 3 is 2.49 bits per heavy atom. The number of rotatable bonds is 4. The Hall–Kier alpha value is -3.63. The first kappa shape index (κ1) is 23.1. The Morgan fingerprint density at radius 2 is 1.80 bits per heavy atom. The lowest BCUT2D eigenvalue weighted by Crippen LogP contribution is -2.44. The van der Waals surface area contributed by atoms with E-state index in [4.69, 9.17) is 7.85 Å². The SMILES string of the molecule is [B]C1(O)c2ncccc2C(=O)N1Cc1ccc(-c2ccc(C(C)(C)O)c3nn(C)cc23)c(F)c1F. The Labute approximate surface area is 201 Å². The molecule has 1 atom stereocenters. The van der Waals surface area contributed by atoms with E-state index in [2.05, 4.69) is 10.1 Å². The van der Waals surface area contributed by atoms with Gasteiger partial charge in [0.05, 0.1) is 28.9 Å². The van der Waals surface area contributed by atoms with Crippen LogP contribution in [0.25, 0.3) is 22.0 Å². The number of halogens is 2. The van der Waals surface area contributed by atoms with Gasteiger partial charge in [-0.3, -0.25) is 14.5 Å². The standard InChI is InChI=1S/C25H21BF2N4O3/c1-24(2,34)18-9-8-14(17-12-31(3)30-21(17)18)15-7-6-13(19(27)20(15)28)11-32-23(33)16-5-4-10-29-22(16)25(32,26)35/h4-10,12,34-35H,11H2,1-3H3. The van der Waals surface area contributed by atoms with Crippen molar-refractivity contribution in [2.75, 3.05) is 0 Å². The minimum absolute atomic E-state index is 0.00717. The van der Waals surface area contributed by atoms with Gasteiger partial charge in [-0.1, -0.05) is 24.3 Å². The van der Waals surface area contributed by atoms with Crippen LogP contribution in [0.4, 0.5) is 8.78 Å². The van der Waals surface area contributed by atoms with Gasteiger partial charge in [-0.25, -0.2) is 8.78 Å². The van der Waals surface area contributed by atoms with E-state index in [1.54, 1.807) is 43.9 Å². The summed E-state index contributed by atoms with van der Waals surface area (Å²) in [5, 5.41) is 26.2. The number of hydrogen-bond acceptors (Lipinski definition) is 5. The van der Waals surface area contributed by atoms with Gasteiger partial charge in [-0.05, 0) is 31.5 Å². The summed E-state index contributed by atoms with van der Waals surface area (Å²) in [6.45, 7) is 2.78. The number of aliphatic hydroxyl groups is 2. The Balaban J connectivity index is 1.56. The summed E-state index contributed by atoms with van der Waals surface area (Å²) in [6.07, 6.45) is 3.05. The van der Waals surface area contributed by atoms with Gasteiger partial charge in [0.2, 0.25) is 0 Å². The number of carbonyl (C=O) groups excluding carboxylic acids is 1. The van der Waals surface area contributed by atoms with Crippen molar-refractivity contribution >= 4 is 24.7 Å². The zero-order valence-electron chi connectivity index (χ0n) is 19.3. The van der Waals surface area contributed by atoms with Gasteiger partial charge in [0.1, 0.15) is 5.62 Å². The van der Waals surface area contributed by atoms with Crippen molar-refractivity contribution in [3.63, 3.8) is 0 Å². The Bertz CT molecular complexity index is 1510. The quantitative estimate of drug-likeness (QED) is 0.444. The predicted octanol–water partition coefficient (Wildman–Crippen LogP) is 3.07. The number of amides is 1. The summed E-state index contributed by atoms with van der Waals surface area (Å²) < 4.78 is 32.2. The van der Waals surface area contributed by atoms with Crippen molar-refractivity contribution in [2.24, 2.45) is 7.05 Å². The topological polar surface area (TPSA) is 91.5 Å². The summed E-state index contributed by atoms with van der Waals surface area (Å²) >= 11 is 0. The van der Waals surface area contributed by atoms with E-state index in [0.29, 0.717) is 22.0 Å². The monoisotopic (exact) mass is 474 g/mol. The molecule has 10 heteroatoms. The predicted molar refractivity (Wildman–Crippen MR) is 125 cm³/mol. The van der Waals surface area contributed by atoms with Crippen molar-refractivity contribution in [3.05, 3.63) is 82.8 Å². The average molecular weight is 474 g/mol. The summed E-state index contributed by atoms with van der Waals surface area (Å²) in [4.78, 5) is 17.6. The second-order valence-corrected chi connectivity index (χ2v) is 9.20. The van der Waals surface area contributed by atoms with Gasteiger partial charge in [0, 0.05) is 41.5 Å². The Morgan fingerprint density at radius 1 is 1.09 bits per heavy atom. The molecule has 1 aliphatic rings. The third-order valence-electron chi connectivity index (χ3n) is 6.27. The molecule has 1 amide bonds. The van der Waals surface area contributed by atoms with E-state index in [1.807, 2.05) is 0 Å². The molecule has 35 heavy (non-hydrogen) atoms. The first-order valence-electron chi connectivity index (χ1n) is 10.9. The normalized spacial score (nSPS) is 17.9. The second-order valence-electron chi connectivity index (χ2n) is 9.20. The molecule has 2 aromatic carbocycles. The van der Waals surface area contributed by atoms with E-state index in [1.165, 1.54) is 30.5 Å². The summed E-state index contributed by atoms with van der Waals surface area (Å²) in [5.41, 5.74) is -2.14. The van der Waals surface area contributed by atoms with Crippen molar-refractivity contribution in [1.82, 2.24) is 19.7 Å². The van der Waals surface area contributed by atoms with Crippen LogP contribution in [0.1, 0.15) is 41.0 Å². The average Bonchev–Trinajstić information content (AvgIpc) is 3.27. The molecule has 1 unspecified atom stereocenters. The molecule has 2 N–H and O–H groups in total. The zero-order chi connectivity index (χ0) is 25.3. The van der Waals surface area contributed by atoms with Gasteiger partial charge < -0.3 is 15.1 Å². The molecule has 1 aliphatic heterocycles. The molecule has 176 valence electrons. The van der Waals surface area contributed by atoms with Gasteiger partial charge >= 0.3 is 0 Å². The highest BCUT2D eigenvalue weighted by atomic mass is 19.2. The Kier molecular flexibility index (Phi) is 5.08. The summed E-state index contributed by atoms with van der Waals surface area (Å²) in [6, 6.07) is 8.98. The largest absolute Gasteiger partial charge is 0.386 e. The van der Waals surface area contributed by atoms with Crippen molar-refractivity contribution in [1.29, 1.82) is 0 Å². The molecular weight excluding hydrogens is 453 g/mol. The van der Waals surface area contributed by atoms with Gasteiger partial charge in [-0.15, -0.1) is 0 Å². The smallest absolute Gasteiger partial charge is 0.258 e. The molecule has 0 fully saturated rings. The number of nitrogens with zero attached hydrogens (tertiary/aromatic N) is 4. The number of carbonyl (C=O) groups is 1. The molecule has 0 bridgehead atoms. The van der Waals surface area contributed by atoms with Crippen LogP contribution in [-0.4, -0.2) is 43.6 Å². The third-order valence-corrected chi connectivity index (χ3v) is 6.27. The molecule has 0 saturated carbocycles. The molecule has 4 aromatic rings. The maximum absolute atomic E-state index is 15.4. The minimum Gasteiger partial charge on any atom is -0.386 e. The number of hydrogen-bond donors (Lipinski definition) is 2. The molecule has 0 aliphatic carbocycles. The second kappa shape index (κ2) is 7.69. The molecule has 2 aromatic heterocycles. The van der Waals surface area contributed by atoms with Crippen LogP contribution >= 0.6 is 0 Å². The maximum atomic E-state index is 15.4. The molecule has 0 saturated heterocycles. The molecule has 7 nitrogen and oxygen atoms in total. The fourth-order valence-electron chi connectivity index (χ4n) is 4.53. The number of aromatic nitrogens is 3. The molecular formula is C25H21BF2N4O3. The summed E-state index contributed by atoms with van der Waals surface area (Å²) in [7, 11) is 7.65. The minimum atomic E-state index is -2.26. The fraction of sp³-hybridized carbons (Fsp3) is 0.240. The van der Waals surface area contributed by atoms with Crippen LogP contribution in [0.5, 0.6) is 0 Å². The van der Waals surface area contributed by atoms with Crippen LogP contribution in [-0.2, 0) is 24.8 Å². The highest BCUT2D eigenvalue weighted by Gasteiger charge is 2.45. The molecule has 2 radical (unpaired) electrons. The van der Waals surface area contributed by atoms with E-state index >= 15 is 8.78 Å². The van der Waals surface area contributed by atoms with Crippen LogP contribution in [0.3, 0.4) is 0 Å². The van der Waals surface area contributed by atoms with Crippen LogP contribution in [0.15, 0.2) is 48.8 Å². The lowest BCUT2D eigenvalue weighted by atomic mass is 9.87. The van der Waals surface area contributed by atoms with Crippen molar-refractivity contribution in [3.8, 4) is 11.1 Å². The highest BCUT2D eigenvalue weighted by Crippen LogP contribution is 2.38. The van der Waals surface area contributed by atoms with E-state index in [-0.39, 0.29) is 22.4 Å². The van der Waals surface area contributed by atoms with Gasteiger partial charge in [0.15, 0.2) is 19.5 Å². The van der Waals surface area contributed by atoms with Crippen molar-refractivity contribution in [2.45, 2.75) is 31.6 Å². The highest BCUT2D eigenvalue weighted by molar-refractivity contribution is 6.19. The lowest BCUT2D eigenvalue weighted by Gasteiger charge is -2.31. The zero-order valence-corrected chi connectivity index (χ0v) is 19.3. The molecule has 5 rings (SSSR count). The lowest BCUT2D eigenvalue weighted by molar-refractivity contribution is -0.0228. The number of aryl methyl sites for hydroxylation is 1. The van der Waals surface area contributed by atoms with Crippen LogP contribution in [0.2, 0.25) is 0 Å². The number of benzene rings is 2. The van der Waals surface area contributed by atoms with Gasteiger partial charge in [0.25, 0.3) is 5.91 Å². The third kappa shape index (κ3) is 3.52. The fourth-order valence-corrected chi connectivity index (χ4v) is 4.53. The number of fused-ring (bicyclic) bond motifs is 2. The first-order valence-corrected chi connectivity index (χ1v) is 10.9. The number of pyridine rings is 1. The summed E-state index contributed by atoms with van der Waals surface area (Å²) in [5.74, 6) is -2.92. The van der Waals surface area contributed by atoms with Crippen LogP contribution in [0, 0.1) is 11.6 Å². The maximum Gasteiger partial charge on any atom is 0.258 e. The first-order chi connectivity index (χ1) is 16.4. The molecule has 3 heterocycles. The molecule has 0 spiro atoms. The van der Waals surface area contributed by atoms with Gasteiger partial charge in [-0.2, -0.15) is 5.10 Å². The van der Waals surface area contributed by atoms with Crippen LogP contribution < -0.4 is 0 Å². The van der Waals surface area contributed by atoms with E-state index in [0.717, 1.165) is 4.90 Å². The van der Waals surface area contributed by atoms with E-state index in [9.17, 15) is 15.0 Å².